The summed E-state index contributed by atoms with van der Waals surface area (Å²) in [7, 11) is 3.18. The number of halogens is 1. The maximum absolute atomic E-state index is 11.5. The Morgan fingerprint density at radius 2 is 2.00 bits per heavy atom. The molecule has 0 saturated heterocycles. The molecule has 0 amide bonds. The van der Waals surface area contributed by atoms with Gasteiger partial charge in [-0.25, -0.2) is 13.1 Å². The SMILES string of the molecule is COc1cccc(-n2nc(C)c(S(=O)(=O)Cl)c2C)c1. The highest BCUT2D eigenvalue weighted by molar-refractivity contribution is 8.13. The summed E-state index contributed by atoms with van der Waals surface area (Å²) < 4.78 is 29.7. The van der Waals surface area contributed by atoms with Crippen molar-refractivity contribution in [1.82, 2.24) is 9.78 Å². The van der Waals surface area contributed by atoms with E-state index in [1.807, 2.05) is 6.07 Å². The van der Waals surface area contributed by atoms with Gasteiger partial charge in [0.25, 0.3) is 9.05 Å². The van der Waals surface area contributed by atoms with Crippen molar-refractivity contribution in [3.05, 3.63) is 35.7 Å². The van der Waals surface area contributed by atoms with Crippen LogP contribution in [0.5, 0.6) is 5.75 Å². The van der Waals surface area contributed by atoms with Crippen molar-refractivity contribution in [3.8, 4) is 11.4 Å². The molecule has 19 heavy (non-hydrogen) atoms. The predicted molar refractivity (Wildman–Crippen MR) is 72.6 cm³/mol. The predicted octanol–water partition coefficient (Wildman–Crippen LogP) is 2.43. The second-order valence-corrected chi connectivity index (χ2v) is 6.55. The van der Waals surface area contributed by atoms with Crippen molar-refractivity contribution in [2.24, 2.45) is 0 Å². The lowest BCUT2D eigenvalue weighted by Crippen LogP contribution is -2.00. The molecule has 0 aliphatic carbocycles. The van der Waals surface area contributed by atoms with Crippen LogP contribution in [0, 0.1) is 13.8 Å². The van der Waals surface area contributed by atoms with Gasteiger partial charge in [-0.3, -0.25) is 0 Å². The molecule has 0 atom stereocenters. The first-order valence-corrected chi connectivity index (χ1v) is 7.81. The molecule has 1 heterocycles. The zero-order valence-corrected chi connectivity index (χ0v) is 12.3. The van der Waals surface area contributed by atoms with E-state index in [1.165, 1.54) is 4.68 Å². The number of hydrogen-bond donors (Lipinski definition) is 0. The minimum Gasteiger partial charge on any atom is -0.497 e. The number of hydrogen-bond acceptors (Lipinski definition) is 4. The van der Waals surface area contributed by atoms with Crippen LogP contribution in [-0.4, -0.2) is 25.3 Å². The fourth-order valence-electron chi connectivity index (χ4n) is 1.97. The molecule has 0 N–H and O–H groups in total. The fraction of sp³-hybridized carbons (Fsp3) is 0.250. The highest BCUT2D eigenvalue weighted by Gasteiger charge is 2.23. The van der Waals surface area contributed by atoms with E-state index in [1.54, 1.807) is 39.2 Å². The monoisotopic (exact) mass is 300 g/mol. The number of nitrogens with zero attached hydrogens (tertiary/aromatic N) is 2. The second kappa shape index (κ2) is 4.86. The summed E-state index contributed by atoms with van der Waals surface area (Å²) >= 11 is 0. The third-order valence-electron chi connectivity index (χ3n) is 2.77. The summed E-state index contributed by atoms with van der Waals surface area (Å²) in [5.74, 6) is 0.667. The first-order chi connectivity index (χ1) is 8.84. The van der Waals surface area contributed by atoms with Gasteiger partial charge in [0, 0.05) is 16.7 Å². The molecule has 1 aromatic heterocycles. The Kier molecular flexibility index (Phi) is 3.56. The molecule has 0 bridgehead atoms. The highest BCUT2D eigenvalue weighted by Crippen LogP contribution is 2.26. The van der Waals surface area contributed by atoms with Crippen LogP contribution < -0.4 is 4.74 Å². The molecule has 1 aromatic carbocycles. The number of aryl methyl sites for hydroxylation is 1. The lowest BCUT2D eigenvalue weighted by atomic mass is 10.3. The maximum atomic E-state index is 11.5. The summed E-state index contributed by atoms with van der Waals surface area (Å²) in [5, 5.41) is 4.22. The minimum atomic E-state index is -3.81. The van der Waals surface area contributed by atoms with Gasteiger partial charge in [-0.2, -0.15) is 5.10 Å². The lowest BCUT2D eigenvalue weighted by Gasteiger charge is -2.06. The summed E-state index contributed by atoms with van der Waals surface area (Å²) in [5.41, 5.74) is 1.56. The quantitative estimate of drug-likeness (QED) is 0.817. The third kappa shape index (κ3) is 2.59. The number of aromatic nitrogens is 2. The van der Waals surface area contributed by atoms with Crippen LogP contribution in [-0.2, 0) is 9.05 Å². The molecule has 102 valence electrons. The van der Waals surface area contributed by atoms with E-state index in [0.717, 1.165) is 0 Å². The third-order valence-corrected chi connectivity index (χ3v) is 4.31. The average molecular weight is 301 g/mol. The van der Waals surface area contributed by atoms with E-state index in [-0.39, 0.29) is 4.90 Å². The first kappa shape index (κ1) is 13.9. The molecule has 2 rings (SSSR count). The number of methoxy groups -OCH3 is 1. The van der Waals surface area contributed by atoms with E-state index in [0.29, 0.717) is 22.8 Å². The Labute approximate surface area is 116 Å². The number of ether oxygens (including phenoxy) is 1. The van der Waals surface area contributed by atoms with Crippen LogP contribution in [0.2, 0.25) is 0 Å². The Morgan fingerprint density at radius 1 is 1.32 bits per heavy atom. The van der Waals surface area contributed by atoms with Gasteiger partial charge >= 0.3 is 0 Å². The van der Waals surface area contributed by atoms with Crippen molar-refractivity contribution in [2.75, 3.05) is 7.11 Å². The van der Waals surface area contributed by atoms with Crippen molar-refractivity contribution < 1.29 is 13.2 Å². The van der Waals surface area contributed by atoms with Crippen LogP contribution >= 0.6 is 10.7 Å². The lowest BCUT2D eigenvalue weighted by molar-refractivity contribution is 0.414. The average Bonchev–Trinajstić information content (AvgIpc) is 2.64. The van der Waals surface area contributed by atoms with Crippen LogP contribution in [0.1, 0.15) is 11.4 Å². The van der Waals surface area contributed by atoms with Gasteiger partial charge in [0.15, 0.2) is 0 Å². The highest BCUT2D eigenvalue weighted by atomic mass is 35.7. The van der Waals surface area contributed by atoms with Gasteiger partial charge in [0.05, 0.1) is 24.2 Å². The standard InChI is InChI=1S/C12H13ClN2O3S/c1-8-12(19(13,16)17)9(2)15(14-8)10-5-4-6-11(7-10)18-3/h4-7H,1-3H3. The summed E-state index contributed by atoms with van der Waals surface area (Å²) in [6.45, 7) is 3.27. The van der Waals surface area contributed by atoms with Crippen LogP contribution in [0.3, 0.4) is 0 Å². The molecule has 0 fully saturated rings. The molecule has 0 saturated carbocycles. The molecule has 0 spiro atoms. The number of rotatable bonds is 3. The Balaban J connectivity index is 2.64. The summed E-state index contributed by atoms with van der Waals surface area (Å²) in [4.78, 5) is 0.0528. The zero-order chi connectivity index (χ0) is 14.2. The van der Waals surface area contributed by atoms with Crippen molar-refractivity contribution in [3.63, 3.8) is 0 Å². The van der Waals surface area contributed by atoms with Crippen LogP contribution in [0.25, 0.3) is 5.69 Å². The van der Waals surface area contributed by atoms with Crippen molar-refractivity contribution >= 4 is 19.7 Å². The molecule has 0 unspecified atom stereocenters. The molecule has 0 radical (unpaired) electrons. The molecule has 7 heteroatoms. The van der Waals surface area contributed by atoms with E-state index in [2.05, 4.69) is 5.10 Å². The van der Waals surface area contributed by atoms with E-state index >= 15 is 0 Å². The normalized spacial score (nSPS) is 11.6. The van der Waals surface area contributed by atoms with Gasteiger partial charge in [-0.05, 0) is 26.0 Å². The van der Waals surface area contributed by atoms with E-state index in [4.69, 9.17) is 15.4 Å². The fourth-order valence-corrected chi connectivity index (χ4v) is 3.48. The van der Waals surface area contributed by atoms with E-state index in [9.17, 15) is 8.42 Å². The minimum absolute atomic E-state index is 0.0528. The van der Waals surface area contributed by atoms with Gasteiger partial charge in [-0.15, -0.1) is 0 Å². The van der Waals surface area contributed by atoms with Gasteiger partial charge in [0.1, 0.15) is 10.6 Å². The van der Waals surface area contributed by atoms with Gasteiger partial charge in [0.2, 0.25) is 0 Å². The van der Waals surface area contributed by atoms with Crippen molar-refractivity contribution in [2.45, 2.75) is 18.7 Å². The van der Waals surface area contributed by atoms with Crippen LogP contribution in [0.15, 0.2) is 29.2 Å². The van der Waals surface area contributed by atoms with E-state index < -0.39 is 9.05 Å². The Morgan fingerprint density at radius 3 is 2.53 bits per heavy atom. The van der Waals surface area contributed by atoms with Crippen molar-refractivity contribution in [1.29, 1.82) is 0 Å². The topological polar surface area (TPSA) is 61.2 Å². The molecule has 2 aromatic rings. The molecule has 5 nitrogen and oxygen atoms in total. The molecule has 0 aliphatic heterocycles. The Hall–Kier alpha value is -1.53. The maximum Gasteiger partial charge on any atom is 0.264 e. The molecular formula is C12H13ClN2O3S. The number of benzene rings is 1. The first-order valence-electron chi connectivity index (χ1n) is 5.50. The summed E-state index contributed by atoms with van der Waals surface area (Å²) in [6, 6.07) is 7.19. The smallest absolute Gasteiger partial charge is 0.264 e. The van der Waals surface area contributed by atoms with Crippen LogP contribution in [0.4, 0.5) is 0 Å². The van der Waals surface area contributed by atoms with Gasteiger partial charge in [-0.1, -0.05) is 6.07 Å². The zero-order valence-electron chi connectivity index (χ0n) is 10.7. The second-order valence-electron chi connectivity index (χ2n) is 4.05. The van der Waals surface area contributed by atoms with Gasteiger partial charge < -0.3 is 4.74 Å². The molecule has 0 aliphatic rings. The largest absolute Gasteiger partial charge is 0.497 e. The molecular weight excluding hydrogens is 288 g/mol. The Bertz CT molecular complexity index is 723. The summed E-state index contributed by atoms with van der Waals surface area (Å²) in [6.07, 6.45) is 0.